The summed E-state index contributed by atoms with van der Waals surface area (Å²) < 4.78 is 0. The van der Waals surface area contributed by atoms with Crippen LogP contribution in [0, 0.1) is 0 Å². The second-order valence-electron chi connectivity index (χ2n) is 18.5. The quantitative estimate of drug-likeness (QED) is 0.0949. The highest BCUT2D eigenvalue weighted by molar-refractivity contribution is 5.84. The predicted molar refractivity (Wildman–Crippen MR) is 319 cm³/mol. The molecule has 0 radical (unpaired) electrons. The van der Waals surface area contributed by atoms with E-state index < -0.39 is 0 Å². The minimum absolute atomic E-state index is 0.904. The summed E-state index contributed by atoms with van der Waals surface area (Å²) >= 11 is 0. The number of allylic oxidation sites excluding steroid dienone is 3. The van der Waals surface area contributed by atoms with E-state index in [1.165, 1.54) is 0 Å². The molecule has 1 aliphatic carbocycles. The Bertz CT molecular complexity index is 3730. The fourth-order valence-electron chi connectivity index (χ4n) is 9.91. The molecule has 11 aromatic rings. The summed E-state index contributed by atoms with van der Waals surface area (Å²) in [5, 5.41) is 0. The lowest BCUT2D eigenvalue weighted by Crippen LogP contribution is -2.15. The van der Waals surface area contributed by atoms with E-state index in [0.717, 1.165) is 102 Å². The third kappa shape index (κ3) is 10.1. The fourth-order valence-corrected chi connectivity index (χ4v) is 9.91. The maximum Gasteiger partial charge on any atom is 0.0973 e. The lowest BCUT2D eigenvalue weighted by molar-refractivity contribution is 1.21. The van der Waals surface area contributed by atoms with Crippen LogP contribution in [-0.4, -0.2) is 0 Å². The van der Waals surface area contributed by atoms with Crippen LogP contribution in [0.25, 0.3) is 27.8 Å². The van der Waals surface area contributed by atoms with Crippen LogP contribution in [0.2, 0.25) is 0 Å². The largest absolute Gasteiger partial charge is 0.311 e. The second kappa shape index (κ2) is 21.8. The lowest BCUT2D eigenvalue weighted by Gasteiger charge is -2.26. The van der Waals surface area contributed by atoms with E-state index in [1.807, 2.05) is 6.07 Å². The summed E-state index contributed by atoms with van der Waals surface area (Å²) in [6.45, 7) is 0. The molecule has 12 rings (SSSR count). The van der Waals surface area contributed by atoms with Crippen LogP contribution in [0.1, 0.15) is 5.56 Å². The molecular formula is C72H52N4. The molecule has 0 saturated heterocycles. The summed E-state index contributed by atoms with van der Waals surface area (Å²) in [5.41, 5.74) is 26.6. The molecule has 0 amide bonds. The number of hydrogen-bond acceptors (Lipinski definition) is 4. The Kier molecular flexibility index (Phi) is 13.4. The topological polar surface area (TPSA) is 13.0 Å². The van der Waals surface area contributed by atoms with Crippen LogP contribution in [-0.2, 0) is 0 Å². The number of hydrogen-bond donors (Lipinski definition) is 0. The van der Waals surface area contributed by atoms with Crippen molar-refractivity contribution in [1.29, 1.82) is 0 Å². The molecule has 0 fully saturated rings. The van der Waals surface area contributed by atoms with Crippen LogP contribution in [0.3, 0.4) is 0 Å². The number of nitrogens with zero attached hydrogens (tertiary/aromatic N) is 4. The van der Waals surface area contributed by atoms with Crippen molar-refractivity contribution in [2.24, 2.45) is 0 Å². The van der Waals surface area contributed by atoms with Gasteiger partial charge in [-0.1, -0.05) is 176 Å². The van der Waals surface area contributed by atoms with Crippen molar-refractivity contribution in [1.82, 2.24) is 0 Å². The smallest absolute Gasteiger partial charge is 0.0973 e. The van der Waals surface area contributed by atoms with Gasteiger partial charge in [0.15, 0.2) is 0 Å². The van der Waals surface area contributed by atoms with Gasteiger partial charge in [0.25, 0.3) is 0 Å². The third-order valence-electron chi connectivity index (χ3n) is 13.7. The molecule has 0 atom stereocenters. The van der Waals surface area contributed by atoms with Gasteiger partial charge in [-0.05, 0) is 179 Å². The van der Waals surface area contributed by atoms with Crippen molar-refractivity contribution in [3.63, 3.8) is 0 Å². The minimum Gasteiger partial charge on any atom is -0.311 e. The zero-order valence-corrected chi connectivity index (χ0v) is 41.8. The van der Waals surface area contributed by atoms with Crippen molar-refractivity contribution in [3.8, 4) is 22.3 Å². The second-order valence-corrected chi connectivity index (χ2v) is 18.5. The van der Waals surface area contributed by atoms with Gasteiger partial charge in [-0.25, -0.2) is 0 Å². The molecule has 0 spiro atoms. The first kappa shape index (κ1) is 46.7. The first-order valence-corrected chi connectivity index (χ1v) is 25.7. The standard InChI is InChI=1S/C72H52N4/c1-7-19-61(20-8-1)73(62-21-9-2-10-22-62)67-43-31-55(32-44-67)57-35-47-69(48-36-57)75(65-27-15-5-16-28-65)71-51-39-59(40-52-71)60-41-53-72(54-42-60)76(66-29-17-6-18-30-66)70-49-37-58(38-50-70)56-33-45-68(46-34-56)74(63-23-11-3-12-24-63)64-25-13-4-14-26-64/h1-41,43-53H. The average molecular weight is 973 g/mol. The Hall–Kier alpha value is -10.3. The van der Waals surface area contributed by atoms with Gasteiger partial charge in [-0.15, -0.1) is 0 Å². The van der Waals surface area contributed by atoms with Gasteiger partial charge in [0.05, 0.1) is 5.70 Å². The Morgan fingerprint density at radius 3 is 0.618 bits per heavy atom. The van der Waals surface area contributed by atoms with Crippen LogP contribution < -0.4 is 19.6 Å². The van der Waals surface area contributed by atoms with Gasteiger partial charge in [0.1, 0.15) is 0 Å². The highest BCUT2D eigenvalue weighted by Crippen LogP contribution is 2.40. The van der Waals surface area contributed by atoms with E-state index in [2.05, 4.69) is 340 Å². The van der Waals surface area contributed by atoms with Gasteiger partial charge >= 0.3 is 0 Å². The van der Waals surface area contributed by atoms with Crippen LogP contribution in [0.5, 0.6) is 0 Å². The van der Waals surface area contributed by atoms with Crippen molar-refractivity contribution < 1.29 is 0 Å². The van der Waals surface area contributed by atoms with Gasteiger partial charge in [0.2, 0.25) is 0 Å². The molecule has 0 bridgehead atoms. The van der Waals surface area contributed by atoms with Crippen molar-refractivity contribution in [3.05, 3.63) is 338 Å². The minimum atomic E-state index is 0.904. The van der Waals surface area contributed by atoms with Crippen molar-refractivity contribution >= 4 is 68.1 Å². The predicted octanol–water partition coefficient (Wildman–Crippen LogP) is 19.9. The molecule has 0 unspecified atom stereocenters. The van der Waals surface area contributed by atoms with Gasteiger partial charge in [0, 0.05) is 68.1 Å². The van der Waals surface area contributed by atoms with Gasteiger partial charge < -0.3 is 19.6 Å². The SMILES string of the molecule is C1=C=C(N(c2ccccc2)c2ccc(-c3ccc(N(c4ccccc4)c4ccccc4)cc3)cc2)C=CC=1c1ccc(N(c2ccccc2)c2ccc(-c3ccc(N(c4ccccc4)c4ccccc4)cc3)cc2)cc1. The maximum atomic E-state index is 3.54. The Balaban J connectivity index is 0.791. The molecule has 0 aliphatic heterocycles. The zero-order chi connectivity index (χ0) is 50.9. The third-order valence-corrected chi connectivity index (χ3v) is 13.7. The van der Waals surface area contributed by atoms with Gasteiger partial charge in [-0.2, -0.15) is 0 Å². The van der Waals surface area contributed by atoms with Crippen molar-refractivity contribution in [2.75, 3.05) is 19.6 Å². The van der Waals surface area contributed by atoms with E-state index in [4.69, 9.17) is 0 Å². The van der Waals surface area contributed by atoms with E-state index in [1.54, 1.807) is 0 Å². The van der Waals surface area contributed by atoms with Crippen molar-refractivity contribution in [2.45, 2.75) is 0 Å². The van der Waals surface area contributed by atoms with Crippen LogP contribution >= 0.6 is 0 Å². The molecule has 1 aliphatic rings. The summed E-state index contributed by atoms with van der Waals surface area (Å²) in [7, 11) is 0. The molecule has 0 N–H and O–H groups in total. The zero-order valence-electron chi connectivity index (χ0n) is 41.8. The summed E-state index contributed by atoms with van der Waals surface area (Å²) in [6.07, 6.45) is 4.28. The van der Waals surface area contributed by atoms with Crippen LogP contribution in [0.4, 0.5) is 62.6 Å². The Morgan fingerprint density at radius 1 is 0.171 bits per heavy atom. The highest BCUT2D eigenvalue weighted by atomic mass is 15.2. The molecule has 4 heteroatoms. The van der Waals surface area contributed by atoms with E-state index in [-0.39, 0.29) is 0 Å². The number of benzene rings is 11. The normalized spacial score (nSPS) is 11.6. The Morgan fingerprint density at radius 2 is 0.382 bits per heavy atom. The number of para-hydroxylation sites is 6. The number of anilines is 11. The summed E-state index contributed by atoms with van der Waals surface area (Å²) in [5.74, 6) is 0. The molecular weight excluding hydrogens is 921 g/mol. The molecule has 0 saturated carbocycles. The summed E-state index contributed by atoms with van der Waals surface area (Å²) in [4.78, 5) is 9.11. The van der Waals surface area contributed by atoms with E-state index in [9.17, 15) is 0 Å². The number of rotatable bonds is 15. The molecule has 4 nitrogen and oxygen atoms in total. The van der Waals surface area contributed by atoms with E-state index >= 15 is 0 Å². The van der Waals surface area contributed by atoms with Crippen LogP contribution in [0.15, 0.2) is 333 Å². The molecule has 11 aromatic carbocycles. The monoisotopic (exact) mass is 972 g/mol. The fraction of sp³-hybridized carbons (Fsp3) is 0. The first-order chi connectivity index (χ1) is 37.7. The first-order valence-electron chi connectivity index (χ1n) is 25.7. The lowest BCUT2D eigenvalue weighted by atomic mass is 10.0. The maximum absolute atomic E-state index is 3.54. The van der Waals surface area contributed by atoms with E-state index in [0.29, 0.717) is 0 Å². The molecule has 76 heavy (non-hydrogen) atoms. The summed E-state index contributed by atoms with van der Waals surface area (Å²) in [6, 6.07) is 107. The molecule has 0 aromatic heterocycles. The highest BCUT2D eigenvalue weighted by Gasteiger charge is 2.18. The Labute approximate surface area is 445 Å². The average Bonchev–Trinajstić information content (AvgIpc) is 3.50. The molecule has 360 valence electrons. The molecule has 0 heterocycles. The van der Waals surface area contributed by atoms with Gasteiger partial charge in [-0.3, -0.25) is 0 Å².